The second kappa shape index (κ2) is 2.78. The fourth-order valence-corrected chi connectivity index (χ4v) is 1.11. The van der Waals surface area contributed by atoms with Crippen molar-refractivity contribution in [3.05, 3.63) is 51.4 Å². The first-order valence-corrected chi connectivity index (χ1v) is 3.73. The Morgan fingerprint density at radius 1 is 1.08 bits per heavy atom. The van der Waals surface area contributed by atoms with E-state index in [9.17, 15) is 9.59 Å². The highest BCUT2D eigenvalue weighted by Gasteiger charge is 2.02. The summed E-state index contributed by atoms with van der Waals surface area (Å²) in [5, 5.41) is 0. The van der Waals surface area contributed by atoms with E-state index >= 15 is 0 Å². The minimum Gasteiger partial charge on any atom is -0.348 e. The van der Waals surface area contributed by atoms with Crippen LogP contribution in [0.3, 0.4) is 0 Å². The Hall–Kier alpha value is -2.04. The zero-order valence-corrected chi connectivity index (χ0v) is 6.65. The lowest BCUT2D eigenvalue weighted by atomic mass is 10.5. The van der Waals surface area contributed by atoms with Crippen molar-refractivity contribution < 1.29 is 0 Å². The Morgan fingerprint density at radius 3 is 2.54 bits per heavy atom. The third-order valence-electron chi connectivity index (χ3n) is 1.68. The highest BCUT2D eigenvalue weighted by Crippen LogP contribution is 1.94. The van der Waals surface area contributed by atoms with Crippen LogP contribution in [0.5, 0.6) is 0 Å². The molecule has 2 N–H and O–H groups in total. The van der Waals surface area contributed by atoms with Gasteiger partial charge in [-0.3, -0.25) is 4.79 Å². The standard InChI is InChI=1S/C8H7N3O2/c12-7-3-5-10-8(13)11(7)6-2-1-4-9-6/h1-5,9H,(H,10,13). The van der Waals surface area contributed by atoms with Gasteiger partial charge < -0.3 is 9.97 Å². The van der Waals surface area contributed by atoms with Gasteiger partial charge in [0.1, 0.15) is 5.82 Å². The molecule has 13 heavy (non-hydrogen) atoms. The zero-order chi connectivity index (χ0) is 9.26. The first kappa shape index (κ1) is 7.60. The highest BCUT2D eigenvalue weighted by molar-refractivity contribution is 5.21. The van der Waals surface area contributed by atoms with Crippen LogP contribution < -0.4 is 11.2 Å². The Labute approximate surface area is 72.7 Å². The van der Waals surface area contributed by atoms with E-state index < -0.39 is 5.69 Å². The molecule has 0 fully saturated rings. The zero-order valence-electron chi connectivity index (χ0n) is 6.65. The van der Waals surface area contributed by atoms with Gasteiger partial charge in [0, 0.05) is 18.5 Å². The average molecular weight is 177 g/mol. The van der Waals surface area contributed by atoms with Gasteiger partial charge in [-0.15, -0.1) is 0 Å². The van der Waals surface area contributed by atoms with Gasteiger partial charge in [0.2, 0.25) is 0 Å². The molecule has 2 rings (SSSR count). The quantitative estimate of drug-likeness (QED) is 0.636. The normalized spacial score (nSPS) is 10.2. The minimum atomic E-state index is -0.449. The van der Waals surface area contributed by atoms with Gasteiger partial charge in [-0.05, 0) is 12.1 Å². The molecule has 2 heterocycles. The molecule has 0 saturated heterocycles. The number of aromatic nitrogens is 3. The van der Waals surface area contributed by atoms with Crippen molar-refractivity contribution in [2.75, 3.05) is 0 Å². The van der Waals surface area contributed by atoms with Gasteiger partial charge in [-0.1, -0.05) is 0 Å². The van der Waals surface area contributed by atoms with E-state index in [0.29, 0.717) is 5.82 Å². The first-order chi connectivity index (χ1) is 6.29. The summed E-state index contributed by atoms with van der Waals surface area (Å²) in [5.74, 6) is 0.465. The van der Waals surface area contributed by atoms with Gasteiger partial charge in [0.15, 0.2) is 0 Å². The summed E-state index contributed by atoms with van der Waals surface area (Å²) in [6.45, 7) is 0. The molecule has 0 bridgehead atoms. The third kappa shape index (κ3) is 1.20. The fraction of sp³-hybridized carbons (Fsp3) is 0. The Morgan fingerprint density at radius 2 is 1.92 bits per heavy atom. The van der Waals surface area contributed by atoms with Crippen molar-refractivity contribution >= 4 is 0 Å². The lowest BCUT2D eigenvalue weighted by Gasteiger charge is -1.98. The minimum absolute atomic E-state index is 0.355. The molecule has 5 heteroatoms. The number of hydrogen-bond donors (Lipinski definition) is 2. The maximum Gasteiger partial charge on any atom is 0.334 e. The molecule has 0 atom stereocenters. The predicted molar refractivity (Wildman–Crippen MR) is 47.0 cm³/mol. The second-order valence-corrected chi connectivity index (χ2v) is 2.51. The number of hydrogen-bond acceptors (Lipinski definition) is 2. The average Bonchev–Trinajstić information content (AvgIpc) is 2.57. The molecule has 66 valence electrons. The summed E-state index contributed by atoms with van der Waals surface area (Å²) >= 11 is 0. The van der Waals surface area contributed by atoms with Gasteiger partial charge in [-0.25, -0.2) is 9.36 Å². The maximum absolute atomic E-state index is 11.3. The van der Waals surface area contributed by atoms with Crippen molar-refractivity contribution in [3.63, 3.8) is 0 Å². The number of nitrogens with one attached hydrogen (secondary N) is 2. The van der Waals surface area contributed by atoms with Gasteiger partial charge >= 0.3 is 5.69 Å². The summed E-state index contributed by atoms with van der Waals surface area (Å²) in [5.41, 5.74) is -0.804. The van der Waals surface area contributed by atoms with Crippen LogP contribution in [0.4, 0.5) is 0 Å². The van der Waals surface area contributed by atoms with Crippen molar-refractivity contribution in [2.24, 2.45) is 0 Å². The topological polar surface area (TPSA) is 70.7 Å². The van der Waals surface area contributed by atoms with Gasteiger partial charge in [0.25, 0.3) is 5.56 Å². The summed E-state index contributed by atoms with van der Waals surface area (Å²) in [4.78, 5) is 27.7. The van der Waals surface area contributed by atoms with E-state index in [1.54, 1.807) is 18.3 Å². The molecular formula is C8H7N3O2. The van der Waals surface area contributed by atoms with E-state index in [4.69, 9.17) is 0 Å². The number of rotatable bonds is 1. The molecule has 2 aromatic heterocycles. The van der Waals surface area contributed by atoms with Crippen LogP contribution in [0.1, 0.15) is 0 Å². The van der Waals surface area contributed by atoms with Gasteiger partial charge in [0.05, 0.1) is 0 Å². The van der Waals surface area contributed by atoms with Gasteiger partial charge in [-0.2, -0.15) is 0 Å². The van der Waals surface area contributed by atoms with E-state index in [1.165, 1.54) is 12.3 Å². The van der Waals surface area contributed by atoms with Crippen LogP contribution in [0, 0.1) is 0 Å². The van der Waals surface area contributed by atoms with Crippen LogP contribution in [0.2, 0.25) is 0 Å². The molecular weight excluding hydrogens is 170 g/mol. The third-order valence-corrected chi connectivity index (χ3v) is 1.68. The molecule has 0 aliphatic heterocycles. The first-order valence-electron chi connectivity index (χ1n) is 3.73. The molecule has 2 aromatic rings. The van der Waals surface area contributed by atoms with E-state index in [1.807, 2.05) is 0 Å². The van der Waals surface area contributed by atoms with E-state index in [-0.39, 0.29) is 5.56 Å². The Bertz CT molecular complexity index is 478. The number of aromatic amines is 2. The number of H-pyrrole nitrogens is 2. The van der Waals surface area contributed by atoms with Crippen LogP contribution in [0.15, 0.2) is 40.2 Å². The van der Waals surface area contributed by atoms with Crippen molar-refractivity contribution in [1.29, 1.82) is 0 Å². The molecule has 0 aliphatic rings. The monoisotopic (exact) mass is 177 g/mol. The molecule has 0 amide bonds. The molecule has 0 saturated carbocycles. The molecule has 0 spiro atoms. The lowest BCUT2D eigenvalue weighted by molar-refractivity contribution is 0.854. The highest BCUT2D eigenvalue weighted by atomic mass is 16.2. The molecule has 5 nitrogen and oxygen atoms in total. The lowest BCUT2D eigenvalue weighted by Crippen LogP contribution is -2.32. The van der Waals surface area contributed by atoms with Crippen LogP contribution in [-0.2, 0) is 0 Å². The second-order valence-electron chi connectivity index (χ2n) is 2.51. The summed E-state index contributed by atoms with van der Waals surface area (Å²) in [7, 11) is 0. The Balaban J connectivity index is 2.79. The number of nitrogens with zero attached hydrogens (tertiary/aromatic N) is 1. The van der Waals surface area contributed by atoms with Crippen molar-refractivity contribution in [3.8, 4) is 5.82 Å². The smallest absolute Gasteiger partial charge is 0.334 e. The molecule has 0 unspecified atom stereocenters. The van der Waals surface area contributed by atoms with Crippen LogP contribution in [-0.4, -0.2) is 14.5 Å². The molecule has 0 radical (unpaired) electrons. The summed E-state index contributed by atoms with van der Waals surface area (Å²) in [6.07, 6.45) is 2.97. The molecule has 0 aromatic carbocycles. The molecule has 0 aliphatic carbocycles. The predicted octanol–water partition coefficient (Wildman–Crippen LogP) is -0.146. The fourth-order valence-electron chi connectivity index (χ4n) is 1.11. The van der Waals surface area contributed by atoms with Crippen molar-refractivity contribution in [1.82, 2.24) is 14.5 Å². The Kier molecular flexibility index (Phi) is 1.63. The largest absolute Gasteiger partial charge is 0.348 e. The van der Waals surface area contributed by atoms with Crippen LogP contribution in [0.25, 0.3) is 5.82 Å². The maximum atomic E-state index is 11.3. The van der Waals surface area contributed by atoms with Crippen LogP contribution >= 0.6 is 0 Å². The summed E-state index contributed by atoms with van der Waals surface area (Å²) < 4.78 is 1.03. The van der Waals surface area contributed by atoms with Crippen molar-refractivity contribution in [2.45, 2.75) is 0 Å². The summed E-state index contributed by atoms with van der Waals surface area (Å²) in [6, 6.07) is 4.66. The van der Waals surface area contributed by atoms with E-state index in [0.717, 1.165) is 4.57 Å². The SMILES string of the molecule is O=c1cc[nH]c(=O)n1-c1ccc[nH]1. The van der Waals surface area contributed by atoms with E-state index in [2.05, 4.69) is 9.97 Å².